The lowest BCUT2D eigenvalue weighted by molar-refractivity contribution is -0.0712. The molecule has 0 amide bonds. The van der Waals surface area contributed by atoms with Crippen LogP contribution in [0.25, 0.3) is 11.0 Å². The first-order valence-corrected chi connectivity index (χ1v) is 10.7. The minimum Gasteiger partial charge on any atom is -0.373 e. The van der Waals surface area contributed by atoms with Gasteiger partial charge in [0.25, 0.3) is 0 Å². The highest BCUT2D eigenvalue weighted by atomic mass is 32.2. The Morgan fingerprint density at radius 1 is 1.27 bits per heavy atom. The third-order valence-electron chi connectivity index (χ3n) is 4.72. The highest BCUT2D eigenvalue weighted by molar-refractivity contribution is 7.89. The number of ether oxygens (including phenoxy) is 1. The number of nitrogens with zero attached hydrogens (tertiary/aromatic N) is 3. The van der Waals surface area contributed by atoms with E-state index in [1.807, 2.05) is 6.07 Å². The molecule has 0 spiro atoms. The SMILES string of the molecule is CCCCn1c(CN2C[C@@H](C)O[C@H](C)C2)nc2cc(S(N)(=O)=O)ccc21. The van der Waals surface area contributed by atoms with Crippen molar-refractivity contribution in [2.75, 3.05) is 13.1 Å². The number of aromatic nitrogens is 2. The van der Waals surface area contributed by atoms with Gasteiger partial charge in [-0.2, -0.15) is 0 Å². The summed E-state index contributed by atoms with van der Waals surface area (Å²) < 4.78 is 31.3. The van der Waals surface area contributed by atoms with E-state index in [1.165, 1.54) is 0 Å². The Morgan fingerprint density at radius 2 is 1.96 bits per heavy atom. The second-order valence-corrected chi connectivity index (χ2v) is 8.74. The van der Waals surface area contributed by atoms with Crippen LogP contribution in [0, 0.1) is 0 Å². The molecule has 7 nitrogen and oxygen atoms in total. The molecule has 0 aliphatic carbocycles. The number of aryl methyl sites for hydroxylation is 1. The molecule has 2 aromatic rings. The second-order valence-electron chi connectivity index (χ2n) is 7.18. The molecule has 2 heterocycles. The number of rotatable bonds is 6. The van der Waals surface area contributed by atoms with E-state index in [1.54, 1.807) is 12.1 Å². The molecule has 1 aromatic heterocycles. The second kappa shape index (κ2) is 7.64. The van der Waals surface area contributed by atoms with Gasteiger partial charge in [-0.25, -0.2) is 18.5 Å². The van der Waals surface area contributed by atoms with Crippen LogP contribution in [-0.4, -0.2) is 48.2 Å². The van der Waals surface area contributed by atoms with E-state index in [4.69, 9.17) is 14.9 Å². The zero-order chi connectivity index (χ0) is 18.9. The fraction of sp³-hybridized carbons (Fsp3) is 0.611. The van der Waals surface area contributed by atoms with E-state index in [0.29, 0.717) is 5.52 Å². The van der Waals surface area contributed by atoms with E-state index in [0.717, 1.165) is 50.4 Å². The first-order chi connectivity index (χ1) is 12.3. The van der Waals surface area contributed by atoms with Crippen LogP contribution < -0.4 is 5.14 Å². The third-order valence-corrected chi connectivity index (χ3v) is 5.63. The van der Waals surface area contributed by atoms with Gasteiger partial charge < -0.3 is 9.30 Å². The molecule has 2 N–H and O–H groups in total. The van der Waals surface area contributed by atoms with Crippen molar-refractivity contribution in [3.63, 3.8) is 0 Å². The average Bonchev–Trinajstić information content (AvgIpc) is 2.87. The summed E-state index contributed by atoms with van der Waals surface area (Å²) in [4.78, 5) is 7.20. The van der Waals surface area contributed by atoms with Gasteiger partial charge >= 0.3 is 0 Å². The van der Waals surface area contributed by atoms with Crippen LogP contribution in [0.3, 0.4) is 0 Å². The summed E-state index contributed by atoms with van der Waals surface area (Å²) in [7, 11) is -3.73. The summed E-state index contributed by atoms with van der Waals surface area (Å²) in [5, 5.41) is 5.27. The van der Waals surface area contributed by atoms with Crippen molar-refractivity contribution in [3.8, 4) is 0 Å². The molecule has 0 saturated carbocycles. The topological polar surface area (TPSA) is 90.4 Å². The van der Waals surface area contributed by atoms with Crippen LogP contribution >= 0.6 is 0 Å². The number of benzene rings is 1. The molecular formula is C18H28N4O3S. The number of morpholine rings is 1. The predicted octanol–water partition coefficient (Wildman–Crippen LogP) is 2.09. The maximum absolute atomic E-state index is 11.7. The highest BCUT2D eigenvalue weighted by Gasteiger charge is 2.24. The number of fused-ring (bicyclic) bond motifs is 1. The van der Waals surface area contributed by atoms with E-state index in [9.17, 15) is 8.42 Å². The number of hydrogen-bond donors (Lipinski definition) is 1. The fourth-order valence-corrected chi connectivity index (χ4v) is 4.17. The molecule has 1 aromatic carbocycles. The molecule has 8 heteroatoms. The van der Waals surface area contributed by atoms with Crippen LogP contribution in [0.5, 0.6) is 0 Å². The monoisotopic (exact) mass is 380 g/mol. The number of unbranched alkanes of at least 4 members (excludes halogenated alkanes) is 1. The standard InChI is InChI=1S/C18H28N4O3S/c1-4-5-8-22-17-7-6-15(26(19,23)24)9-16(17)20-18(22)12-21-10-13(2)25-14(3)11-21/h6-7,9,13-14H,4-5,8,10-12H2,1-3H3,(H2,19,23,24)/t13-,14-/m1/s1. The molecule has 1 aliphatic heterocycles. The molecule has 1 saturated heterocycles. The summed E-state index contributed by atoms with van der Waals surface area (Å²) in [6, 6.07) is 4.94. The van der Waals surface area contributed by atoms with Gasteiger partial charge in [-0.1, -0.05) is 13.3 Å². The van der Waals surface area contributed by atoms with Crippen molar-refractivity contribution in [1.29, 1.82) is 0 Å². The molecule has 144 valence electrons. The Morgan fingerprint density at radius 3 is 2.58 bits per heavy atom. The summed E-state index contributed by atoms with van der Waals surface area (Å²) >= 11 is 0. The Labute approximate surface area is 155 Å². The van der Waals surface area contributed by atoms with Crippen LogP contribution in [0.15, 0.2) is 23.1 Å². The Kier molecular flexibility index (Phi) is 5.67. The number of hydrogen-bond acceptors (Lipinski definition) is 5. The highest BCUT2D eigenvalue weighted by Crippen LogP contribution is 2.23. The number of imidazole rings is 1. The molecule has 2 atom stereocenters. The Bertz CT molecular complexity index is 868. The molecule has 0 unspecified atom stereocenters. The van der Waals surface area contributed by atoms with Crippen molar-refractivity contribution < 1.29 is 13.2 Å². The lowest BCUT2D eigenvalue weighted by Gasteiger charge is -2.35. The van der Waals surface area contributed by atoms with Gasteiger partial charge in [0.1, 0.15) is 5.82 Å². The van der Waals surface area contributed by atoms with Gasteiger partial charge in [0, 0.05) is 19.6 Å². The Balaban J connectivity index is 1.96. The normalized spacial score (nSPS) is 22.2. The van der Waals surface area contributed by atoms with Gasteiger partial charge in [0.05, 0.1) is 34.7 Å². The zero-order valence-corrected chi connectivity index (χ0v) is 16.5. The smallest absolute Gasteiger partial charge is 0.238 e. The molecule has 0 radical (unpaired) electrons. The first kappa shape index (κ1) is 19.3. The minimum absolute atomic E-state index is 0.102. The predicted molar refractivity (Wildman–Crippen MR) is 101 cm³/mol. The van der Waals surface area contributed by atoms with Gasteiger partial charge in [0.2, 0.25) is 10.0 Å². The van der Waals surface area contributed by atoms with Crippen molar-refractivity contribution in [2.45, 2.75) is 63.8 Å². The summed E-state index contributed by atoms with van der Waals surface area (Å²) in [5.41, 5.74) is 1.63. The van der Waals surface area contributed by atoms with Crippen molar-refractivity contribution in [3.05, 3.63) is 24.0 Å². The lowest BCUT2D eigenvalue weighted by Crippen LogP contribution is -2.45. The number of primary sulfonamides is 1. The maximum Gasteiger partial charge on any atom is 0.238 e. The van der Waals surface area contributed by atoms with Crippen LogP contribution in [-0.2, 0) is 27.8 Å². The lowest BCUT2D eigenvalue weighted by atomic mass is 10.2. The summed E-state index contributed by atoms with van der Waals surface area (Å²) in [6.07, 6.45) is 2.52. The quantitative estimate of drug-likeness (QED) is 0.829. The number of nitrogens with two attached hydrogens (primary N) is 1. The molecular weight excluding hydrogens is 352 g/mol. The van der Waals surface area contributed by atoms with Crippen LogP contribution in [0.2, 0.25) is 0 Å². The third kappa shape index (κ3) is 4.25. The van der Waals surface area contributed by atoms with Gasteiger partial charge in [-0.3, -0.25) is 4.90 Å². The molecule has 26 heavy (non-hydrogen) atoms. The van der Waals surface area contributed by atoms with Crippen molar-refractivity contribution in [1.82, 2.24) is 14.5 Å². The van der Waals surface area contributed by atoms with Crippen LogP contribution in [0.1, 0.15) is 39.4 Å². The molecule has 1 fully saturated rings. The van der Waals surface area contributed by atoms with Gasteiger partial charge in [0.15, 0.2) is 0 Å². The largest absolute Gasteiger partial charge is 0.373 e. The van der Waals surface area contributed by atoms with E-state index >= 15 is 0 Å². The summed E-state index contributed by atoms with van der Waals surface area (Å²) in [6.45, 7) is 9.65. The van der Waals surface area contributed by atoms with Crippen molar-refractivity contribution in [2.24, 2.45) is 5.14 Å². The number of sulfonamides is 1. The van der Waals surface area contributed by atoms with Gasteiger partial charge in [-0.15, -0.1) is 0 Å². The minimum atomic E-state index is -3.73. The molecule has 3 rings (SSSR count). The fourth-order valence-electron chi connectivity index (χ4n) is 3.64. The van der Waals surface area contributed by atoms with Crippen molar-refractivity contribution >= 4 is 21.1 Å². The molecule has 0 bridgehead atoms. The summed E-state index contributed by atoms with van der Waals surface area (Å²) in [5.74, 6) is 0.960. The van der Waals surface area contributed by atoms with E-state index in [-0.39, 0.29) is 17.1 Å². The van der Waals surface area contributed by atoms with Gasteiger partial charge in [-0.05, 0) is 38.5 Å². The zero-order valence-electron chi connectivity index (χ0n) is 15.7. The van der Waals surface area contributed by atoms with E-state index in [2.05, 4.69) is 30.2 Å². The average molecular weight is 381 g/mol. The van der Waals surface area contributed by atoms with E-state index < -0.39 is 10.0 Å². The molecule has 1 aliphatic rings. The maximum atomic E-state index is 11.7. The first-order valence-electron chi connectivity index (χ1n) is 9.17. The van der Waals surface area contributed by atoms with Crippen LogP contribution in [0.4, 0.5) is 0 Å². The Hall–Kier alpha value is -1.48.